The van der Waals surface area contributed by atoms with Crippen molar-refractivity contribution in [2.24, 2.45) is 10.7 Å². The average Bonchev–Trinajstić information content (AvgIpc) is 3.17. The second-order valence-electron chi connectivity index (χ2n) is 7.57. The number of nitrogens with two attached hydrogens (primary N) is 1. The van der Waals surface area contributed by atoms with Crippen LogP contribution in [0.3, 0.4) is 0 Å². The molecular formula is C18H24N4O4S2. The normalized spacial score (nSPS) is 17.0. The maximum absolute atomic E-state index is 12.7. The maximum atomic E-state index is 12.7. The molecule has 0 saturated carbocycles. The van der Waals surface area contributed by atoms with Gasteiger partial charge in [-0.1, -0.05) is 29.2 Å². The number of amidine groups is 1. The van der Waals surface area contributed by atoms with E-state index >= 15 is 0 Å². The highest BCUT2D eigenvalue weighted by atomic mass is 32.2. The molecule has 28 heavy (non-hydrogen) atoms. The Hall–Kier alpha value is -2.20. The molecule has 0 bridgehead atoms. The second kappa shape index (κ2) is 8.04. The lowest BCUT2D eigenvalue weighted by atomic mass is 10.1. The molecule has 2 aromatic rings. The summed E-state index contributed by atoms with van der Waals surface area (Å²) in [5.41, 5.74) is 6.46. The van der Waals surface area contributed by atoms with Crippen LogP contribution in [-0.2, 0) is 11.2 Å². The molecule has 1 aliphatic rings. The third kappa shape index (κ3) is 4.99. The van der Waals surface area contributed by atoms with Crippen molar-refractivity contribution in [3.05, 3.63) is 27.4 Å². The highest BCUT2D eigenvalue weighted by Gasteiger charge is 2.27. The van der Waals surface area contributed by atoms with Gasteiger partial charge in [-0.3, -0.25) is 9.79 Å². The van der Waals surface area contributed by atoms with E-state index in [4.69, 9.17) is 10.5 Å². The number of nitrogens with one attached hydrogen (secondary N) is 1. The number of thioether (sulfide) groups is 1. The predicted molar refractivity (Wildman–Crippen MR) is 113 cm³/mol. The number of rotatable bonds is 5. The average molecular weight is 425 g/mol. The summed E-state index contributed by atoms with van der Waals surface area (Å²) in [5, 5.41) is 10.5. The fourth-order valence-electron chi connectivity index (χ4n) is 2.89. The summed E-state index contributed by atoms with van der Waals surface area (Å²) in [7, 11) is 0. The molecule has 1 aromatic carbocycles. The van der Waals surface area contributed by atoms with Gasteiger partial charge in [0, 0.05) is 18.8 Å². The molecule has 0 aliphatic carbocycles. The monoisotopic (exact) mass is 424 g/mol. The van der Waals surface area contributed by atoms with E-state index in [0.29, 0.717) is 34.9 Å². The Morgan fingerprint density at radius 1 is 1.46 bits per heavy atom. The van der Waals surface area contributed by atoms with Crippen LogP contribution in [0.4, 0.5) is 4.79 Å². The first kappa shape index (κ1) is 20.5. The second-order valence-corrected chi connectivity index (χ2v) is 9.59. The van der Waals surface area contributed by atoms with Crippen molar-refractivity contribution in [1.29, 1.82) is 0 Å². The number of phenols is 1. The molecule has 1 aliphatic heterocycles. The van der Waals surface area contributed by atoms with Gasteiger partial charge in [0.25, 0.3) is 0 Å². The highest BCUT2D eigenvalue weighted by molar-refractivity contribution is 8.14. The highest BCUT2D eigenvalue weighted by Crippen LogP contribution is 2.28. The third-order valence-electron chi connectivity index (χ3n) is 4.11. The minimum atomic E-state index is -0.603. The quantitative estimate of drug-likeness (QED) is 0.678. The predicted octanol–water partition coefficient (Wildman–Crippen LogP) is 2.50. The van der Waals surface area contributed by atoms with E-state index in [1.165, 1.54) is 11.8 Å². The molecule has 3 rings (SSSR count). The van der Waals surface area contributed by atoms with Gasteiger partial charge < -0.3 is 25.5 Å². The number of phenolic OH excluding ortho intramolecular Hbond substituents is 1. The van der Waals surface area contributed by atoms with Crippen molar-refractivity contribution in [1.82, 2.24) is 9.88 Å². The van der Waals surface area contributed by atoms with Crippen molar-refractivity contribution in [2.75, 3.05) is 18.8 Å². The topological polar surface area (TPSA) is 121 Å². The molecule has 1 amide bonds. The molecule has 0 radical (unpaired) electrons. The smallest absolute Gasteiger partial charge is 0.410 e. The number of H-pyrrole nitrogens is 1. The summed E-state index contributed by atoms with van der Waals surface area (Å²) < 4.78 is 6.24. The van der Waals surface area contributed by atoms with Crippen LogP contribution < -0.4 is 10.6 Å². The molecule has 2 heterocycles. The van der Waals surface area contributed by atoms with Crippen molar-refractivity contribution >= 4 is 44.6 Å². The van der Waals surface area contributed by atoms with E-state index in [0.717, 1.165) is 22.7 Å². The zero-order valence-corrected chi connectivity index (χ0v) is 17.7. The van der Waals surface area contributed by atoms with Gasteiger partial charge in [-0.05, 0) is 38.8 Å². The van der Waals surface area contributed by atoms with Gasteiger partial charge in [0.15, 0.2) is 5.17 Å². The van der Waals surface area contributed by atoms with Crippen LogP contribution in [-0.4, -0.2) is 56.7 Å². The van der Waals surface area contributed by atoms with Crippen molar-refractivity contribution in [3.8, 4) is 5.75 Å². The molecule has 10 heteroatoms. The number of benzene rings is 1. The molecule has 0 fully saturated rings. The van der Waals surface area contributed by atoms with Gasteiger partial charge in [-0.15, -0.1) is 0 Å². The molecule has 1 unspecified atom stereocenters. The number of hydrogen-bond acceptors (Lipinski definition) is 8. The number of thiazole rings is 1. The standard InChI is InChI=1S/C18H24N4O4S2/c1-18(2,3)26-17(25)22(8-11-9-27-15(19)20-11)7-6-10-4-5-12(23)13-14(10)28-16(24)21-13/h4-5,11,23H,6-9H2,1-3H3,(H2,19,20)(H,21,24). The minimum Gasteiger partial charge on any atom is -0.506 e. The molecule has 1 atom stereocenters. The maximum Gasteiger partial charge on any atom is 0.410 e. The van der Waals surface area contributed by atoms with E-state index in [-0.39, 0.29) is 16.7 Å². The summed E-state index contributed by atoms with van der Waals surface area (Å²) in [5.74, 6) is 0.766. The number of ether oxygens (including phenoxy) is 1. The Morgan fingerprint density at radius 2 is 2.21 bits per heavy atom. The van der Waals surface area contributed by atoms with Gasteiger partial charge in [0.1, 0.15) is 16.9 Å². The van der Waals surface area contributed by atoms with Crippen LogP contribution in [0, 0.1) is 0 Å². The first-order valence-electron chi connectivity index (χ1n) is 8.90. The van der Waals surface area contributed by atoms with Gasteiger partial charge in [-0.25, -0.2) is 4.79 Å². The SMILES string of the molecule is CC(C)(C)OC(=O)N(CCc1ccc(O)c2[nH]c(=O)sc12)CC1CSC(N)=N1. The number of nitrogens with zero attached hydrogens (tertiary/aromatic N) is 2. The van der Waals surface area contributed by atoms with Gasteiger partial charge in [-0.2, -0.15) is 0 Å². The third-order valence-corrected chi connectivity index (χ3v) is 6.02. The van der Waals surface area contributed by atoms with Crippen molar-refractivity contribution in [2.45, 2.75) is 38.8 Å². The molecule has 1 aromatic heterocycles. The lowest BCUT2D eigenvalue weighted by Crippen LogP contribution is -2.42. The summed E-state index contributed by atoms with van der Waals surface area (Å²) in [6.07, 6.45) is 0.110. The van der Waals surface area contributed by atoms with Crippen molar-refractivity contribution in [3.63, 3.8) is 0 Å². The first-order chi connectivity index (χ1) is 13.1. The van der Waals surface area contributed by atoms with Crippen molar-refractivity contribution < 1.29 is 14.6 Å². The van der Waals surface area contributed by atoms with E-state index in [2.05, 4.69) is 9.98 Å². The Kier molecular flexibility index (Phi) is 5.90. The number of fused-ring (bicyclic) bond motifs is 1. The van der Waals surface area contributed by atoms with Gasteiger partial charge >= 0.3 is 11.0 Å². The Bertz CT molecular complexity index is 961. The molecule has 0 spiro atoms. The van der Waals surface area contributed by atoms with Crippen LogP contribution in [0.1, 0.15) is 26.3 Å². The first-order valence-corrected chi connectivity index (χ1v) is 10.7. The van der Waals surface area contributed by atoms with Crippen LogP contribution in [0.5, 0.6) is 5.75 Å². The van der Waals surface area contributed by atoms with E-state index in [1.54, 1.807) is 17.0 Å². The molecule has 8 nitrogen and oxygen atoms in total. The number of aliphatic imine (C=N–C) groups is 1. The van der Waals surface area contributed by atoms with Crippen LogP contribution in [0.25, 0.3) is 10.2 Å². The zero-order valence-electron chi connectivity index (χ0n) is 16.0. The summed E-state index contributed by atoms with van der Waals surface area (Å²) in [6, 6.07) is 3.26. The van der Waals surface area contributed by atoms with Gasteiger partial charge in [0.05, 0.1) is 10.7 Å². The molecule has 152 valence electrons. The lowest BCUT2D eigenvalue weighted by molar-refractivity contribution is 0.0245. The molecule has 4 N–H and O–H groups in total. The Labute approximate surface area is 170 Å². The van der Waals surface area contributed by atoms with E-state index in [9.17, 15) is 14.7 Å². The summed E-state index contributed by atoms with van der Waals surface area (Å²) in [6.45, 7) is 6.28. The van der Waals surface area contributed by atoms with Crippen LogP contribution in [0.15, 0.2) is 21.9 Å². The minimum absolute atomic E-state index is 0.0360. The number of aromatic hydroxyl groups is 1. The summed E-state index contributed by atoms with van der Waals surface area (Å²) >= 11 is 2.53. The largest absolute Gasteiger partial charge is 0.506 e. The van der Waals surface area contributed by atoms with Gasteiger partial charge in [0.2, 0.25) is 0 Å². The fourth-order valence-corrected chi connectivity index (χ4v) is 4.56. The Balaban J connectivity index is 1.78. The molecular weight excluding hydrogens is 400 g/mol. The lowest BCUT2D eigenvalue weighted by Gasteiger charge is -2.28. The fraction of sp³-hybridized carbons (Fsp3) is 0.500. The summed E-state index contributed by atoms with van der Waals surface area (Å²) in [4.78, 5) is 32.8. The number of aromatic amines is 1. The number of aromatic nitrogens is 1. The number of amides is 1. The Morgan fingerprint density at radius 3 is 2.86 bits per heavy atom. The van der Waals surface area contributed by atoms with Crippen LogP contribution in [0.2, 0.25) is 0 Å². The van der Waals surface area contributed by atoms with E-state index < -0.39 is 11.7 Å². The number of carbonyl (C=O) groups excluding carboxylic acids is 1. The van der Waals surface area contributed by atoms with E-state index in [1.807, 2.05) is 20.8 Å². The zero-order chi connectivity index (χ0) is 20.5. The number of hydrogen-bond donors (Lipinski definition) is 3. The van der Waals surface area contributed by atoms with Crippen LogP contribution >= 0.6 is 23.1 Å². The number of carbonyl (C=O) groups is 1. The molecule has 0 saturated heterocycles.